The molecule has 0 radical (unpaired) electrons. The molecule has 0 bridgehead atoms. The number of hydrogen-bond acceptors (Lipinski definition) is 3. The summed E-state index contributed by atoms with van der Waals surface area (Å²) in [6.07, 6.45) is 8.99. The minimum absolute atomic E-state index is 0. The number of fused-ring (bicyclic) bond motifs is 1. The first-order chi connectivity index (χ1) is 13.1. The maximum atomic E-state index is 4.86. The fraction of sp³-hybridized carbons (Fsp3) is 0.619. The first kappa shape index (κ1) is 22.9. The number of imidazole rings is 1. The van der Waals surface area contributed by atoms with Crippen LogP contribution in [0.25, 0.3) is 5.65 Å². The van der Waals surface area contributed by atoms with E-state index in [0.29, 0.717) is 0 Å². The van der Waals surface area contributed by atoms with Crippen molar-refractivity contribution in [1.82, 2.24) is 24.9 Å². The zero-order valence-corrected chi connectivity index (χ0v) is 19.8. The number of pyridine rings is 1. The lowest BCUT2D eigenvalue weighted by atomic mass is 9.99. The summed E-state index contributed by atoms with van der Waals surface area (Å²) >= 11 is 0. The van der Waals surface area contributed by atoms with E-state index in [1.54, 1.807) is 0 Å². The van der Waals surface area contributed by atoms with Crippen molar-refractivity contribution in [2.75, 3.05) is 32.7 Å². The second-order valence-corrected chi connectivity index (χ2v) is 7.93. The zero-order chi connectivity index (χ0) is 19.1. The van der Waals surface area contributed by atoms with Crippen LogP contribution in [0.3, 0.4) is 0 Å². The number of rotatable bonds is 7. The molecule has 0 amide bonds. The third kappa shape index (κ3) is 6.34. The molecular formula is C21H35IN6. The number of hydrogen-bond donors (Lipinski definition) is 2. The van der Waals surface area contributed by atoms with Crippen LogP contribution in [-0.4, -0.2) is 58.5 Å². The topological polar surface area (TPSA) is 57.0 Å². The van der Waals surface area contributed by atoms with E-state index in [9.17, 15) is 0 Å². The average Bonchev–Trinajstić information content (AvgIpc) is 3.09. The molecular weight excluding hydrogens is 463 g/mol. The number of guanidine groups is 1. The molecule has 1 aliphatic heterocycles. The minimum Gasteiger partial charge on any atom is -0.357 e. The van der Waals surface area contributed by atoms with Crippen molar-refractivity contribution in [3.8, 4) is 0 Å². The summed E-state index contributed by atoms with van der Waals surface area (Å²) in [5, 5.41) is 6.83. The predicted molar refractivity (Wildman–Crippen MR) is 128 cm³/mol. The summed E-state index contributed by atoms with van der Waals surface area (Å²) in [5.74, 6) is 0.895. The molecule has 1 saturated heterocycles. The molecule has 28 heavy (non-hydrogen) atoms. The molecule has 3 heterocycles. The number of aliphatic imine (C=N–C) groups is 1. The Labute approximate surface area is 186 Å². The van der Waals surface area contributed by atoms with Crippen LogP contribution in [0.1, 0.15) is 45.7 Å². The van der Waals surface area contributed by atoms with Gasteiger partial charge in [0.2, 0.25) is 0 Å². The lowest BCUT2D eigenvalue weighted by Gasteiger charge is -2.40. The van der Waals surface area contributed by atoms with Crippen LogP contribution in [-0.2, 0) is 6.42 Å². The van der Waals surface area contributed by atoms with Crippen LogP contribution in [0.15, 0.2) is 35.6 Å². The highest BCUT2D eigenvalue weighted by molar-refractivity contribution is 14.0. The Morgan fingerprint density at radius 2 is 1.96 bits per heavy atom. The molecule has 0 aliphatic carbocycles. The van der Waals surface area contributed by atoms with E-state index in [1.807, 2.05) is 24.4 Å². The molecule has 7 heteroatoms. The summed E-state index contributed by atoms with van der Waals surface area (Å²) in [7, 11) is 0. The molecule has 1 fully saturated rings. The Bertz CT molecular complexity index is 715. The van der Waals surface area contributed by atoms with Crippen molar-refractivity contribution >= 4 is 35.6 Å². The van der Waals surface area contributed by atoms with Crippen LogP contribution in [0, 0.1) is 0 Å². The summed E-state index contributed by atoms with van der Waals surface area (Å²) in [5.41, 5.74) is 2.19. The normalized spacial score (nSPS) is 16.0. The van der Waals surface area contributed by atoms with E-state index in [1.165, 1.54) is 32.4 Å². The molecule has 6 nitrogen and oxygen atoms in total. The van der Waals surface area contributed by atoms with Crippen LogP contribution in [0.4, 0.5) is 0 Å². The number of aromatic nitrogens is 2. The second-order valence-electron chi connectivity index (χ2n) is 7.93. The van der Waals surface area contributed by atoms with Gasteiger partial charge in [0.25, 0.3) is 0 Å². The van der Waals surface area contributed by atoms with Crippen LogP contribution < -0.4 is 10.6 Å². The van der Waals surface area contributed by atoms with Gasteiger partial charge in [0.15, 0.2) is 5.96 Å². The Hall–Kier alpha value is -1.35. The van der Waals surface area contributed by atoms with Gasteiger partial charge in [-0.3, -0.25) is 9.89 Å². The molecule has 0 atom stereocenters. The standard InChI is InChI=1S/C21H34N6.HI/c1-4-22-20(24-17-21(2,3)27-14-7-5-8-15-27)23-12-11-18-16-26-13-9-6-10-19(26)25-18;/h6,9-10,13,16H,4-5,7-8,11-12,14-15,17H2,1-3H3,(H2,22,23,24);1H. The van der Waals surface area contributed by atoms with Crippen LogP contribution in [0.5, 0.6) is 0 Å². The lowest BCUT2D eigenvalue weighted by molar-refractivity contribution is 0.102. The van der Waals surface area contributed by atoms with Crippen molar-refractivity contribution < 1.29 is 0 Å². The monoisotopic (exact) mass is 498 g/mol. The molecule has 2 aromatic heterocycles. The van der Waals surface area contributed by atoms with Crippen molar-refractivity contribution in [3.63, 3.8) is 0 Å². The molecule has 0 unspecified atom stereocenters. The quantitative estimate of drug-likeness (QED) is 0.350. The van der Waals surface area contributed by atoms with Gasteiger partial charge in [-0.25, -0.2) is 4.98 Å². The van der Waals surface area contributed by atoms with Gasteiger partial charge in [0, 0.05) is 37.4 Å². The largest absolute Gasteiger partial charge is 0.357 e. The van der Waals surface area contributed by atoms with Crippen molar-refractivity contribution in [2.24, 2.45) is 4.99 Å². The molecule has 0 spiro atoms. The van der Waals surface area contributed by atoms with Gasteiger partial charge in [-0.15, -0.1) is 24.0 Å². The van der Waals surface area contributed by atoms with E-state index in [0.717, 1.165) is 43.4 Å². The van der Waals surface area contributed by atoms with Gasteiger partial charge in [-0.2, -0.15) is 0 Å². The lowest BCUT2D eigenvalue weighted by Crippen LogP contribution is -2.49. The number of nitrogens with one attached hydrogen (secondary N) is 2. The Morgan fingerprint density at radius 1 is 1.18 bits per heavy atom. The summed E-state index contributed by atoms with van der Waals surface area (Å²) < 4.78 is 2.07. The molecule has 0 aromatic carbocycles. The van der Waals surface area contributed by atoms with Crippen molar-refractivity contribution in [2.45, 2.75) is 52.0 Å². The molecule has 156 valence electrons. The van der Waals surface area contributed by atoms with E-state index in [-0.39, 0.29) is 29.5 Å². The zero-order valence-electron chi connectivity index (χ0n) is 17.4. The maximum absolute atomic E-state index is 4.86. The van der Waals surface area contributed by atoms with E-state index >= 15 is 0 Å². The number of piperidine rings is 1. The van der Waals surface area contributed by atoms with E-state index in [2.05, 4.69) is 51.9 Å². The summed E-state index contributed by atoms with van der Waals surface area (Å²) in [6, 6.07) is 6.08. The maximum Gasteiger partial charge on any atom is 0.191 e. The number of halogens is 1. The van der Waals surface area contributed by atoms with Gasteiger partial charge in [0.05, 0.1) is 12.2 Å². The minimum atomic E-state index is 0. The summed E-state index contributed by atoms with van der Waals surface area (Å²) in [6.45, 7) is 11.6. The van der Waals surface area contributed by atoms with Gasteiger partial charge < -0.3 is 15.0 Å². The highest BCUT2D eigenvalue weighted by Crippen LogP contribution is 2.20. The fourth-order valence-electron chi connectivity index (χ4n) is 3.63. The fourth-order valence-corrected chi connectivity index (χ4v) is 3.63. The van der Waals surface area contributed by atoms with Crippen molar-refractivity contribution in [1.29, 1.82) is 0 Å². The first-order valence-electron chi connectivity index (χ1n) is 10.3. The molecule has 2 aromatic rings. The second kappa shape index (κ2) is 11.0. The molecule has 0 saturated carbocycles. The summed E-state index contributed by atoms with van der Waals surface area (Å²) in [4.78, 5) is 12.1. The van der Waals surface area contributed by atoms with Gasteiger partial charge in [-0.05, 0) is 58.8 Å². The molecule has 2 N–H and O–H groups in total. The SMILES string of the molecule is CCNC(=NCC(C)(C)N1CCCCC1)NCCc1cn2ccccc2n1.I. The van der Waals surface area contributed by atoms with Gasteiger partial charge in [0.1, 0.15) is 5.65 Å². The molecule has 1 aliphatic rings. The van der Waals surface area contributed by atoms with Gasteiger partial charge >= 0.3 is 0 Å². The van der Waals surface area contributed by atoms with Gasteiger partial charge in [-0.1, -0.05) is 12.5 Å². The Morgan fingerprint density at radius 3 is 2.68 bits per heavy atom. The third-order valence-electron chi connectivity index (χ3n) is 5.27. The average molecular weight is 498 g/mol. The number of likely N-dealkylation sites (tertiary alicyclic amines) is 1. The smallest absolute Gasteiger partial charge is 0.191 e. The van der Waals surface area contributed by atoms with Crippen molar-refractivity contribution in [3.05, 3.63) is 36.3 Å². The van der Waals surface area contributed by atoms with E-state index in [4.69, 9.17) is 4.99 Å². The third-order valence-corrected chi connectivity index (χ3v) is 5.27. The predicted octanol–water partition coefficient (Wildman–Crippen LogP) is 3.31. The Kier molecular flexibility index (Phi) is 9.01. The van der Waals surface area contributed by atoms with Crippen LogP contribution in [0.2, 0.25) is 0 Å². The van der Waals surface area contributed by atoms with Crippen LogP contribution >= 0.6 is 24.0 Å². The number of nitrogens with zero attached hydrogens (tertiary/aromatic N) is 4. The Balaban J connectivity index is 0.00000280. The van der Waals surface area contributed by atoms with E-state index < -0.39 is 0 Å². The first-order valence-corrected chi connectivity index (χ1v) is 10.3. The highest BCUT2D eigenvalue weighted by atomic mass is 127. The highest BCUT2D eigenvalue weighted by Gasteiger charge is 2.27. The molecule has 3 rings (SSSR count).